The zero-order valence-electron chi connectivity index (χ0n) is 7.66. The summed E-state index contributed by atoms with van der Waals surface area (Å²) >= 11 is 0. The van der Waals surface area contributed by atoms with Gasteiger partial charge in [-0.2, -0.15) is 0 Å². The van der Waals surface area contributed by atoms with E-state index in [1.54, 1.807) is 0 Å². The summed E-state index contributed by atoms with van der Waals surface area (Å²) in [7, 11) is 0. The summed E-state index contributed by atoms with van der Waals surface area (Å²) in [6.45, 7) is 5.87. The highest BCUT2D eigenvalue weighted by Crippen LogP contribution is 2.12. The number of rotatable bonds is 4. The normalized spacial score (nSPS) is 29.2. The molecule has 1 rings (SSSR count). The van der Waals surface area contributed by atoms with Crippen LogP contribution in [0.5, 0.6) is 0 Å². The van der Waals surface area contributed by atoms with Gasteiger partial charge in [0.2, 0.25) is 0 Å². The van der Waals surface area contributed by atoms with Crippen molar-refractivity contribution >= 4 is 0 Å². The predicted molar refractivity (Wildman–Crippen MR) is 45.9 cm³/mol. The number of hydrogen-bond donors (Lipinski definition) is 0. The Morgan fingerprint density at radius 3 is 2.75 bits per heavy atom. The van der Waals surface area contributed by atoms with E-state index in [0.717, 1.165) is 0 Å². The van der Waals surface area contributed by atoms with Gasteiger partial charge in [-0.25, -0.2) is 0 Å². The zero-order valence-corrected chi connectivity index (χ0v) is 7.66. The van der Waals surface area contributed by atoms with Crippen LogP contribution in [-0.4, -0.2) is 32.2 Å². The van der Waals surface area contributed by atoms with Crippen molar-refractivity contribution in [3.63, 3.8) is 0 Å². The van der Waals surface area contributed by atoms with Gasteiger partial charge in [0.25, 0.3) is 0 Å². The summed E-state index contributed by atoms with van der Waals surface area (Å²) < 4.78 is 16.1. The third-order valence-electron chi connectivity index (χ3n) is 1.64. The molecule has 0 aliphatic carbocycles. The SMILES string of the molecule is CCO[C@@H]1OCC=C[C@H]1OCC. The van der Waals surface area contributed by atoms with Crippen molar-refractivity contribution in [3.05, 3.63) is 12.2 Å². The van der Waals surface area contributed by atoms with E-state index in [4.69, 9.17) is 14.2 Å². The van der Waals surface area contributed by atoms with Crippen LogP contribution >= 0.6 is 0 Å². The van der Waals surface area contributed by atoms with Crippen LogP contribution in [0.4, 0.5) is 0 Å². The van der Waals surface area contributed by atoms with Crippen LogP contribution in [0.1, 0.15) is 13.8 Å². The standard InChI is InChI=1S/C9H16O3/c1-3-10-8-6-5-7-12-9(8)11-4-2/h5-6,8-9H,3-4,7H2,1-2H3/t8-,9-/m1/s1. The first-order valence-electron chi connectivity index (χ1n) is 4.40. The van der Waals surface area contributed by atoms with Crippen LogP contribution in [0, 0.1) is 0 Å². The molecule has 0 aromatic rings. The van der Waals surface area contributed by atoms with Gasteiger partial charge in [0.1, 0.15) is 6.10 Å². The van der Waals surface area contributed by atoms with Crippen LogP contribution in [0.25, 0.3) is 0 Å². The van der Waals surface area contributed by atoms with Crippen LogP contribution in [0.3, 0.4) is 0 Å². The molecule has 0 unspecified atom stereocenters. The Bertz CT molecular complexity index is 145. The van der Waals surface area contributed by atoms with E-state index in [0.29, 0.717) is 19.8 Å². The molecule has 0 saturated heterocycles. The van der Waals surface area contributed by atoms with E-state index in [1.165, 1.54) is 0 Å². The summed E-state index contributed by atoms with van der Waals surface area (Å²) in [5.41, 5.74) is 0. The molecular weight excluding hydrogens is 156 g/mol. The summed E-state index contributed by atoms with van der Waals surface area (Å²) in [4.78, 5) is 0. The molecule has 0 N–H and O–H groups in total. The molecule has 1 heterocycles. The van der Waals surface area contributed by atoms with Crippen molar-refractivity contribution in [3.8, 4) is 0 Å². The molecule has 0 spiro atoms. The van der Waals surface area contributed by atoms with Crippen molar-refractivity contribution in [1.29, 1.82) is 0 Å². The maximum absolute atomic E-state index is 5.41. The molecule has 1 aliphatic rings. The molecule has 1 aliphatic heterocycles. The van der Waals surface area contributed by atoms with Gasteiger partial charge >= 0.3 is 0 Å². The van der Waals surface area contributed by atoms with E-state index in [9.17, 15) is 0 Å². The topological polar surface area (TPSA) is 27.7 Å². The summed E-state index contributed by atoms with van der Waals surface area (Å²) in [6.07, 6.45) is 3.69. The second-order valence-corrected chi connectivity index (χ2v) is 2.51. The van der Waals surface area contributed by atoms with E-state index >= 15 is 0 Å². The largest absolute Gasteiger partial charge is 0.369 e. The van der Waals surface area contributed by atoms with Crippen molar-refractivity contribution in [2.24, 2.45) is 0 Å². The molecule has 0 aromatic carbocycles. The summed E-state index contributed by atoms with van der Waals surface area (Å²) in [6, 6.07) is 0. The van der Waals surface area contributed by atoms with E-state index in [1.807, 2.05) is 26.0 Å². The minimum absolute atomic E-state index is 0.0382. The molecular formula is C9H16O3. The molecule has 12 heavy (non-hydrogen) atoms. The Kier molecular flexibility index (Phi) is 4.29. The van der Waals surface area contributed by atoms with Crippen LogP contribution in [-0.2, 0) is 14.2 Å². The third-order valence-corrected chi connectivity index (χ3v) is 1.64. The monoisotopic (exact) mass is 172 g/mol. The molecule has 3 heteroatoms. The Hall–Kier alpha value is -0.380. The van der Waals surface area contributed by atoms with E-state index in [-0.39, 0.29) is 12.4 Å². The van der Waals surface area contributed by atoms with Crippen LogP contribution in [0.2, 0.25) is 0 Å². The lowest BCUT2D eigenvalue weighted by atomic mass is 10.2. The smallest absolute Gasteiger partial charge is 0.187 e. The Morgan fingerprint density at radius 2 is 2.08 bits per heavy atom. The lowest BCUT2D eigenvalue weighted by molar-refractivity contribution is -0.191. The first-order valence-corrected chi connectivity index (χ1v) is 4.40. The summed E-state index contributed by atoms with van der Waals surface area (Å²) in [5, 5.41) is 0. The Morgan fingerprint density at radius 1 is 1.33 bits per heavy atom. The first-order chi connectivity index (χ1) is 5.88. The second kappa shape index (κ2) is 5.30. The van der Waals surface area contributed by atoms with Crippen molar-refractivity contribution in [2.75, 3.05) is 19.8 Å². The molecule has 0 radical (unpaired) electrons. The molecule has 0 aromatic heterocycles. The Labute approximate surface area is 73.3 Å². The molecule has 3 nitrogen and oxygen atoms in total. The molecule has 0 saturated carbocycles. The van der Waals surface area contributed by atoms with Crippen LogP contribution < -0.4 is 0 Å². The van der Waals surface area contributed by atoms with Crippen molar-refractivity contribution in [1.82, 2.24) is 0 Å². The highest BCUT2D eigenvalue weighted by Gasteiger charge is 2.22. The summed E-state index contributed by atoms with van der Waals surface area (Å²) in [5.74, 6) is 0. The number of ether oxygens (including phenoxy) is 3. The van der Waals surface area contributed by atoms with Gasteiger partial charge < -0.3 is 14.2 Å². The minimum Gasteiger partial charge on any atom is -0.369 e. The van der Waals surface area contributed by atoms with Crippen LogP contribution in [0.15, 0.2) is 12.2 Å². The van der Waals surface area contributed by atoms with E-state index < -0.39 is 0 Å². The lowest BCUT2D eigenvalue weighted by Crippen LogP contribution is -2.35. The van der Waals surface area contributed by atoms with Gasteiger partial charge in [0.15, 0.2) is 6.29 Å². The molecule has 70 valence electrons. The van der Waals surface area contributed by atoms with Gasteiger partial charge in [-0.3, -0.25) is 0 Å². The minimum atomic E-state index is -0.222. The fraction of sp³-hybridized carbons (Fsp3) is 0.778. The van der Waals surface area contributed by atoms with E-state index in [2.05, 4.69) is 0 Å². The van der Waals surface area contributed by atoms with Gasteiger partial charge in [0.05, 0.1) is 6.61 Å². The lowest BCUT2D eigenvalue weighted by Gasteiger charge is -2.26. The molecule has 0 fully saturated rings. The predicted octanol–water partition coefficient (Wildman–Crippen LogP) is 1.34. The van der Waals surface area contributed by atoms with Gasteiger partial charge in [-0.15, -0.1) is 0 Å². The Balaban J connectivity index is 2.41. The highest BCUT2D eigenvalue weighted by molar-refractivity contribution is 4.95. The maximum atomic E-state index is 5.41. The first kappa shape index (κ1) is 9.71. The van der Waals surface area contributed by atoms with Crippen molar-refractivity contribution in [2.45, 2.75) is 26.2 Å². The fourth-order valence-corrected chi connectivity index (χ4v) is 1.16. The maximum Gasteiger partial charge on any atom is 0.187 e. The van der Waals surface area contributed by atoms with Gasteiger partial charge in [-0.05, 0) is 13.8 Å². The zero-order chi connectivity index (χ0) is 8.81. The fourth-order valence-electron chi connectivity index (χ4n) is 1.16. The quantitative estimate of drug-likeness (QED) is 0.599. The van der Waals surface area contributed by atoms with Crippen molar-refractivity contribution < 1.29 is 14.2 Å². The molecule has 2 atom stereocenters. The average Bonchev–Trinajstić information content (AvgIpc) is 2.09. The van der Waals surface area contributed by atoms with Gasteiger partial charge in [0, 0.05) is 13.2 Å². The molecule has 0 amide bonds. The third kappa shape index (κ3) is 2.59. The number of hydrogen-bond acceptors (Lipinski definition) is 3. The second-order valence-electron chi connectivity index (χ2n) is 2.51. The van der Waals surface area contributed by atoms with Gasteiger partial charge in [-0.1, -0.05) is 12.2 Å². The average molecular weight is 172 g/mol. The molecule has 0 bridgehead atoms. The highest BCUT2D eigenvalue weighted by atomic mass is 16.7.